The minimum Gasteiger partial charge on any atom is -0.397 e. The van der Waals surface area contributed by atoms with E-state index in [-0.39, 0.29) is 36.1 Å². The molecule has 0 fully saturated rings. The molecule has 0 saturated heterocycles. The predicted octanol–water partition coefficient (Wildman–Crippen LogP) is 15.2. The third kappa shape index (κ3) is 22.0. The Bertz CT molecular complexity index is 3100. The Kier molecular flexibility index (Phi) is 28.3. The van der Waals surface area contributed by atoms with Crippen LogP contribution in [0.25, 0.3) is 0 Å². The minimum atomic E-state index is -1.12. The van der Waals surface area contributed by atoms with Gasteiger partial charge in [0.2, 0.25) is 0 Å². The van der Waals surface area contributed by atoms with E-state index < -0.39 is 91.9 Å². The number of halogens is 15. The summed E-state index contributed by atoms with van der Waals surface area (Å²) in [5.41, 5.74) is 10.0. The molecule has 8 rings (SSSR count). The molecule has 0 saturated carbocycles. The van der Waals surface area contributed by atoms with Gasteiger partial charge >= 0.3 is 0 Å². The lowest BCUT2D eigenvalue weighted by atomic mass is 10.1. The summed E-state index contributed by atoms with van der Waals surface area (Å²) in [6, 6.07) is 25.3. The number of alkyl halides is 2. The molecule has 2 amide bonds. The van der Waals surface area contributed by atoms with Gasteiger partial charge in [0, 0.05) is 12.1 Å². The molecule has 5 aromatic carbocycles. The zero-order valence-corrected chi connectivity index (χ0v) is 43.1. The molecule has 76 heavy (non-hydrogen) atoms. The standard InChI is InChI=1S/C19H12F4N2O.C12H7BrF2N2O.C7H3ClF2O.C6H5F2N.C5H5BrN2.CH2Cl2.CH4/c20-12-4-7-15(21)11(8-12)9-13-5-6-14(10-24-13)25-19(26)18-16(22)2-1-3-17(18)23;13-10-5-4-7(6-16-10)17-12(18)11-8(14)2-1-3-9(11)15;8-7(11)6-4(9)2-1-3-5(6)10;7-4-1-2-5(8)6(9)3-4;6-5-2-1-4(7)3-8-5;2-1-3;/h1-8,10H,9H2,(H,25,26);1-6H,(H,17,18);1-3H;1-3H,9H2;1-3H,7H2;1H2;1H4. The van der Waals surface area contributed by atoms with Gasteiger partial charge in [-0.2, -0.15) is 0 Å². The molecule has 25 heteroatoms. The van der Waals surface area contributed by atoms with E-state index in [2.05, 4.69) is 57.4 Å². The second-order valence-corrected chi connectivity index (χ2v) is 16.7. The summed E-state index contributed by atoms with van der Waals surface area (Å²) < 4.78 is 132. The summed E-state index contributed by atoms with van der Waals surface area (Å²) in [7, 11) is 0. The molecule has 400 valence electrons. The highest BCUT2D eigenvalue weighted by Gasteiger charge is 2.19. The van der Waals surface area contributed by atoms with Crippen LogP contribution in [-0.2, 0) is 6.42 Å². The Balaban J connectivity index is 0.000000343. The van der Waals surface area contributed by atoms with E-state index in [9.17, 15) is 58.3 Å². The van der Waals surface area contributed by atoms with Gasteiger partial charge in [-0.15, -0.1) is 23.2 Å². The highest BCUT2D eigenvalue weighted by Crippen LogP contribution is 2.20. The lowest BCUT2D eigenvalue weighted by Gasteiger charge is -2.08. The Hall–Kier alpha value is -7.11. The second-order valence-electron chi connectivity index (χ2n) is 14.0. The van der Waals surface area contributed by atoms with Crippen LogP contribution >= 0.6 is 66.7 Å². The van der Waals surface area contributed by atoms with E-state index in [1.807, 2.05) is 0 Å². The van der Waals surface area contributed by atoms with E-state index in [1.54, 1.807) is 30.5 Å². The smallest absolute Gasteiger partial charge is 0.261 e. The molecular weight excluding hydrogens is 1210 g/mol. The van der Waals surface area contributed by atoms with Crippen LogP contribution in [0.2, 0.25) is 0 Å². The maximum atomic E-state index is 13.6. The number of carbonyl (C=O) groups excluding carboxylic acids is 3. The molecule has 0 atom stereocenters. The Morgan fingerprint density at radius 2 is 0.882 bits per heavy atom. The molecule has 0 bridgehead atoms. The maximum Gasteiger partial charge on any atom is 0.261 e. The van der Waals surface area contributed by atoms with Crippen LogP contribution in [-0.4, -0.2) is 37.3 Å². The fourth-order valence-electron chi connectivity index (χ4n) is 5.33. The lowest BCUT2D eigenvalue weighted by Crippen LogP contribution is -2.16. The zero-order chi connectivity index (χ0) is 55.8. The number of anilines is 4. The van der Waals surface area contributed by atoms with Crippen molar-refractivity contribution in [3.8, 4) is 0 Å². The summed E-state index contributed by atoms with van der Waals surface area (Å²) in [5, 5.41) is 3.77. The maximum absolute atomic E-state index is 13.6. The number of nitrogens with zero attached hydrogens (tertiary/aromatic N) is 3. The van der Waals surface area contributed by atoms with Crippen LogP contribution in [0.1, 0.15) is 49.8 Å². The van der Waals surface area contributed by atoms with Crippen molar-refractivity contribution < 1.29 is 58.3 Å². The van der Waals surface area contributed by atoms with Crippen molar-refractivity contribution in [2.45, 2.75) is 13.8 Å². The van der Waals surface area contributed by atoms with Gasteiger partial charge in [0.25, 0.3) is 17.1 Å². The average Bonchev–Trinajstić information content (AvgIpc) is 3.34. The van der Waals surface area contributed by atoms with Gasteiger partial charge in [-0.05, 0) is 158 Å². The summed E-state index contributed by atoms with van der Waals surface area (Å²) in [6.07, 6.45) is 4.30. The van der Waals surface area contributed by atoms with Crippen molar-refractivity contribution in [3.05, 3.63) is 241 Å². The molecule has 8 aromatic rings. The third-order valence-corrected chi connectivity index (χ3v) is 9.82. The third-order valence-electron chi connectivity index (χ3n) is 8.69. The molecule has 0 radical (unpaired) electrons. The number of aromatic nitrogens is 3. The summed E-state index contributed by atoms with van der Waals surface area (Å²) in [6.45, 7) is 0. The zero-order valence-electron chi connectivity index (χ0n) is 37.7. The Labute approximate surface area is 459 Å². The van der Waals surface area contributed by atoms with Gasteiger partial charge in [0.15, 0.2) is 0 Å². The number of rotatable bonds is 7. The first-order valence-electron chi connectivity index (χ1n) is 20.4. The number of nitrogen functional groups attached to an aromatic ring is 2. The fraction of sp³-hybridized carbons (Fsp3) is 0.0588. The summed E-state index contributed by atoms with van der Waals surface area (Å²) in [4.78, 5) is 45.9. The molecular formula is C51H38Br2Cl3F10N7O3. The van der Waals surface area contributed by atoms with Crippen LogP contribution in [0.4, 0.5) is 66.7 Å². The average molecular weight is 1250 g/mol. The minimum absolute atomic E-state index is 0. The Morgan fingerprint density at radius 1 is 0.487 bits per heavy atom. The van der Waals surface area contributed by atoms with Crippen molar-refractivity contribution in [1.29, 1.82) is 0 Å². The molecule has 0 spiro atoms. The van der Waals surface area contributed by atoms with Crippen molar-refractivity contribution in [3.63, 3.8) is 0 Å². The number of amides is 2. The molecule has 6 N–H and O–H groups in total. The van der Waals surface area contributed by atoms with Crippen LogP contribution in [0.5, 0.6) is 0 Å². The molecule has 0 aliphatic rings. The summed E-state index contributed by atoms with van der Waals surface area (Å²) in [5.74, 6) is -9.67. The van der Waals surface area contributed by atoms with Crippen LogP contribution in [0, 0.1) is 58.2 Å². The number of benzene rings is 5. The summed E-state index contributed by atoms with van der Waals surface area (Å²) >= 11 is 20.7. The van der Waals surface area contributed by atoms with E-state index in [4.69, 9.17) is 46.3 Å². The van der Waals surface area contributed by atoms with Crippen molar-refractivity contribution in [2.24, 2.45) is 0 Å². The molecule has 0 aliphatic carbocycles. The van der Waals surface area contributed by atoms with Gasteiger partial charge in [0.05, 0.1) is 46.7 Å². The van der Waals surface area contributed by atoms with Crippen molar-refractivity contribution in [2.75, 3.05) is 27.4 Å². The quantitative estimate of drug-likeness (QED) is 0.0402. The first kappa shape index (κ1) is 65.0. The number of hydrogen-bond acceptors (Lipinski definition) is 8. The van der Waals surface area contributed by atoms with E-state index in [0.29, 0.717) is 21.7 Å². The van der Waals surface area contributed by atoms with E-state index in [0.717, 1.165) is 89.5 Å². The predicted molar refractivity (Wildman–Crippen MR) is 281 cm³/mol. The largest absolute Gasteiger partial charge is 0.397 e. The monoisotopic (exact) mass is 1250 g/mol. The van der Waals surface area contributed by atoms with Crippen LogP contribution in [0.3, 0.4) is 0 Å². The van der Waals surface area contributed by atoms with Crippen LogP contribution in [0.15, 0.2) is 155 Å². The highest BCUT2D eigenvalue weighted by molar-refractivity contribution is 9.10. The van der Waals surface area contributed by atoms with Gasteiger partial charge < -0.3 is 22.1 Å². The molecule has 10 nitrogen and oxygen atoms in total. The highest BCUT2D eigenvalue weighted by atomic mass is 79.9. The van der Waals surface area contributed by atoms with E-state index >= 15 is 0 Å². The fourth-order valence-corrected chi connectivity index (χ4v) is 5.98. The molecule has 0 unspecified atom stereocenters. The number of hydrogen-bond donors (Lipinski definition) is 4. The molecule has 3 heterocycles. The topological polar surface area (TPSA) is 166 Å². The van der Waals surface area contributed by atoms with Crippen molar-refractivity contribution >= 4 is 106 Å². The van der Waals surface area contributed by atoms with Crippen molar-refractivity contribution in [1.82, 2.24) is 15.0 Å². The SMILES string of the molecule is C.ClCCl.Nc1cc(F)ccc1F.Nc1ccc(Br)nc1.O=C(Cl)c1c(F)cccc1F.O=C(Nc1ccc(Br)nc1)c1c(F)cccc1F.O=C(Nc1ccc(Cc2cc(F)ccc2F)nc1)c1c(F)cccc1F. The molecule has 0 aliphatic heterocycles. The van der Waals surface area contributed by atoms with Crippen LogP contribution < -0.4 is 22.1 Å². The first-order chi connectivity index (χ1) is 35.5. The van der Waals surface area contributed by atoms with Gasteiger partial charge in [-0.1, -0.05) is 25.6 Å². The van der Waals surface area contributed by atoms with Gasteiger partial charge in [-0.25, -0.2) is 53.9 Å². The lowest BCUT2D eigenvalue weighted by molar-refractivity contribution is 0.101. The number of pyridine rings is 3. The van der Waals surface area contributed by atoms with E-state index in [1.165, 1.54) is 30.6 Å². The number of carbonyl (C=O) groups is 3. The Morgan fingerprint density at radius 3 is 1.22 bits per heavy atom. The van der Waals surface area contributed by atoms with Gasteiger partial charge in [0.1, 0.15) is 84.1 Å². The number of nitrogens with two attached hydrogens (primary N) is 2. The number of nitrogens with one attached hydrogen (secondary N) is 2. The molecule has 3 aromatic heterocycles. The normalized spacial score (nSPS) is 9.78. The first-order valence-corrected chi connectivity index (χ1v) is 23.4. The van der Waals surface area contributed by atoms with Gasteiger partial charge in [-0.3, -0.25) is 19.4 Å². The second kappa shape index (κ2) is 33.0.